The summed E-state index contributed by atoms with van der Waals surface area (Å²) in [6, 6.07) is 13.4. The zero-order valence-electron chi connectivity index (χ0n) is 19.0. The Morgan fingerprint density at radius 3 is 2.25 bits per heavy atom. The zero-order chi connectivity index (χ0) is 23.4. The van der Waals surface area contributed by atoms with Crippen LogP contribution in [0.15, 0.2) is 42.5 Å². The highest BCUT2D eigenvalue weighted by Gasteiger charge is 2.48. The van der Waals surface area contributed by atoms with Gasteiger partial charge in [0, 0.05) is 19.8 Å². The van der Waals surface area contributed by atoms with Gasteiger partial charge in [-0.3, -0.25) is 9.59 Å². The van der Waals surface area contributed by atoms with E-state index in [0.29, 0.717) is 0 Å². The third-order valence-electron chi connectivity index (χ3n) is 5.74. The van der Waals surface area contributed by atoms with Gasteiger partial charge in [0.1, 0.15) is 17.3 Å². The maximum Gasteiger partial charge on any atom is 0.303 e. The Bertz CT molecular complexity index is 957. The second-order valence-corrected chi connectivity index (χ2v) is 9.13. The van der Waals surface area contributed by atoms with Crippen molar-refractivity contribution in [2.24, 2.45) is 5.92 Å². The summed E-state index contributed by atoms with van der Waals surface area (Å²) >= 11 is 1.42. The molecule has 0 amide bonds. The molecule has 0 spiro atoms. The first-order chi connectivity index (χ1) is 15.2. The second kappa shape index (κ2) is 10.4. The lowest BCUT2D eigenvalue weighted by atomic mass is 9.85. The summed E-state index contributed by atoms with van der Waals surface area (Å²) < 4.78 is 17.5. The van der Waals surface area contributed by atoms with Gasteiger partial charge in [0.15, 0.2) is 6.10 Å². The predicted octanol–water partition coefficient (Wildman–Crippen LogP) is 4.55. The molecule has 0 aromatic heterocycles. The van der Waals surface area contributed by atoms with Crippen LogP contribution in [0.2, 0.25) is 0 Å². The van der Waals surface area contributed by atoms with E-state index in [2.05, 4.69) is 19.1 Å². The van der Waals surface area contributed by atoms with Crippen molar-refractivity contribution in [1.82, 2.24) is 0 Å². The summed E-state index contributed by atoms with van der Waals surface area (Å²) in [5, 5.41) is 9.55. The molecule has 6 nitrogen and oxygen atoms in total. The SMILES string of the molecule is CS[C@H]1O[C@@H](c2ccc(C)c(Cc3ccc(O)cc3)c2)[C@H](C)[C@@H](OC(C)=O)[C@@H]1OC(C)=O. The number of benzene rings is 2. The minimum Gasteiger partial charge on any atom is -0.508 e. The van der Waals surface area contributed by atoms with Crippen LogP contribution in [-0.4, -0.2) is 40.9 Å². The van der Waals surface area contributed by atoms with E-state index in [9.17, 15) is 14.7 Å². The minimum atomic E-state index is -0.681. The Balaban J connectivity index is 1.92. The van der Waals surface area contributed by atoms with Crippen LogP contribution in [0.1, 0.15) is 49.1 Å². The van der Waals surface area contributed by atoms with E-state index in [1.165, 1.54) is 25.6 Å². The fourth-order valence-corrected chi connectivity index (χ4v) is 4.83. The van der Waals surface area contributed by atoms with Crippen LogP contribution < -0.4 is 0 Å². The molecule has 1 fully saturated rings. The van der Waals surface area contributed by atoms with Crippen LogP contribution in [0, 0.1) is 12.8 Å². The average molecular weight is 459 g/mol. The predicted molar refractivity (Wildman–Crippen MR) is 123 cm³/mol. The van der Waals surface area contributed by atoms with E-state index >= 15 is 0 Å². The molecule has 32 heavy (non-hydrogen) atoms. The largest absolute Gasteiger partial charge is 0.508 e. The van der Waals surface area contributed by atoms with Gasteiger partial charge in [0.2, 0.25) is 0 Å². The molecule has 0 bridgehead atoms. The van der Waals surface area contributed by atoms with Crippen LogP contribution in [0.5, 0.6) is 5.75 Å². The number of hydrogen-bond donors (Lipinski definition) is 1. The lowest BCUT2D eigenvalue weighted by Crippen LogP contribution is -2.52. The van der Waals surface area contributed by atoms with Gasteiger partial charge in [-0.15, -0.1) is 11.8 Å². The Hall–Kier alpha value is -2.51. The number of ether oxygens (including phenoxy) is 3. The number of phenolic OH excluding ortho intramolecular Hbond substituents is 1. The van der Waals surface area contributed by atoms with E-state index in [1.807, 2.05) is 31.4 Å². The Morgan fingerprint density at radius 1 is 1.03 bits per heavy atom. The summed E-state index contributed by atoms with van der Waals surface area (Å²) in [5.74, 6) is -0.843. The number of carbonyl (C=O) groups excluding carboxylic acids is 2. The highest BCUT2D eigenvalue weighted by molar-refractivity contribution is 7.99. The Labute approximate surface area is 193 Å². The molecule has 1 saturated heterocycles. The molecule has 0 radical (unpaired) electrons. The van der Waals surface area contributed by atoms with Gasteiger partial charge < -0.3 is 19.3 Å². The third kappa shape index (κ3) is 5.64. The number of aromatic hydroxyl groups is 1. The van der Waals surface area contributed by atoms with E-state index in [1.54, 1.807) is 12.1 Å². The molecule has 1 heterocycles. The molecule has 2 aromatic rings. The number of rotatable bonds is 6. The minimum absolute atomic E-state index is 0.226. The fourth-order valence-electron chi connectivity index (χ4n) is 4.12. The van der Waals surface area contributed by atoms with Crippen molar-refractivity contribution in [2.75, 3.05) is 6.26 Å². The standard InChI is InChI=1S/C25H30O6S/c1-14-6-9-19(13-20(14)12-18-7-10-21(28)11-8-18)22-15(2)23(29-16(3)26)24(30-17(4)27)25(31-22)32-5/h6-11,13,15,22-25,28H,12H2,1-5H3/t15-,22+,23+,24-,25+/m0/s1. The summed E-state index contributed by atoms with van der Waals surface area (Å²) in [6.45, 7) is 6.71. The number of carbonyl (C=O) groups is 2. The first kappa shape index (κ1) is 24.1. The summed E-state index contributed by atoms with van der Waals surface area (Å²) in [7, 11) is 0. The van der Waals surface area contributed by atoms with Gasteiger partial charge in [0.05, 0.1) is 6.10 Å². The molecule has 0 unspecified atom stereocenters. The molecule has 0 saturated carbocycles. The van der Waals surface area contributed by atoms with Gasteiger partial charge in [-0.25, -0.2) is 0 Å². The highest BCUT2D eigenvalue weighted by atomic mass is 32.2. The van der Waals surface area contributed by atoms with Crippen molar-refractivity contribution in [3.8, 4) is 5.75 Å². The van der Waals surface area contributed by atoms with E-state index < -0.39 is 29.6 Å². The molecule has 1 aliphatic heterocycles. The summed E-state index contributed by atoms with van der Waals surface area (Å²) in [6.07, 6.45) is 0.970. The Morgan fingerprint density at radius 2 is 1.66 bits per heavy atom. The van der Waals surface area contributed by atoms with E-state index in [0.717, 1.165) is 28.7 Å². The zero-order valence-corrected chi connectivity index (χ0v) is 19.8. The van der Waals surface area contributed by atoms with Crippen LogP contribution >= 0.6 is 11.8 Å². The maximum absolute atomic E-state index is 11.8. The normalized spacial score (nSPS) is 25.2. The van der Waals surface area contributed by atoms with Crippen molar-refractivity contribution in [3.05, 3.63) is 64.7 Å². The number of thioether (sulfide) groups is 1. The van der Waals surface area contributed by atoms with Crippen molar-refractivity contribution < 1.29 is 28.9 Å². The maximum atomic E-state index is 11.8. The molecular formula is C25H30O6S. The Kier molecular flexibility index (Phi) is 7.85. The van der Waals surface area contributed by atoms with E-state index in [4.69, 9.17) is 14.2 Å². The number of hydrogen-bond acceptors (Lipinski definition) is 7. The molecule has 5 atom stereocenters. The number of phenols is 1. The van der Waals surface area contributed by atoms with Crippen molar-refractivity contribution in [3.63, 3.8) is 0 Å². The van der Waals surface area contributed by atoms with Gasteiger partial charge in [0.25, 0.3) is 0 Å². The lowest BCUT2D eigenvalue weighted by molar-refractivity contribution is -0.208. The number of esters is 2. The highest BCUT2D eigenvalue weighted by Crippen LogP contribution is 2.42. The van der Waals surface area contributed by atoms with Crippen LogP contribution in [0.4, 0.5) is 0 Å². The smallest absolute Gasteiger partial charge is 0.303 e. The second-order valence-electron chi connectivity index (χ2n) is 8.20. The average Bonchev–Trinajstić information content (AvgIpc) is 2.74. The molecule has 2 aromatic carbocycles. The number of aryl methyl sites for hydroxylation is 1. The molecule has 172 valence electrons. The van der Waals surface area contributed by atoms with Gasteiger partial charge >= 0.3 is 11.9 Å². The van der Waals surface area contributed by atoms with Gasteiger partial charge in [-0.05, 0) is 54.0 Å². The fraction of sp³-hybridized carbons (Fsp3) is 0.440. The topological polar surface area (TPSA) is 82.1 Å². The quantitative estimate of drug-likeness (QED) is 0.636. The molecule has 0 aliphatic carbocycles. The van der Waals surface area contributed by atoms with Crippen LogP contribution in [0.3, 0.4) is 0 Å². The first-order valence-electron chi connectivity index (χ1n) is 10.6. The van der Waals surface area contributed by atoms with Crippen molar-refractivity contribution >= 4 is 23.7 Å². The summed E-state index contributed by atoms with van der Waals surface area (Å²) in [5.41, 5.74) is 3.91. The molecule has 1 aliphatic rings. The van der Waals surface area contributed by atoms with Gasteiger partial charge in [-0.2, -0.15) is 0 Å². The first-order valence-corrected chi connectivity index (χ1v) is 11.9. The monoisotopic (exact) mass is 458 g/mol. The molecule has 3 rings (SSSR count). The van der Waals surface area contributed by atoms with Crippen molar-refractivity contribution in [2.45, 2.75) is 57.9 Å². The molecule has 1 N–H and O–H groups in total. The lowest BCUT2D eigenvalue weighted by Gasteiger charge is -2.44. The summed E-state index contributed by atoms with van der Waals surface area (Å²) in [4.78, 5) is 23.5. The van der Waals surface area contributed by atoms with Crippen LogP contribution in [-0.2, 0) is 30.2 Å². The van der Waals surface area contributed by atoms with Crippen molar-refractivity contribution in [1.29, 1.82) is 0 Å². The molecular weight excluding hydrogens is 428 g/mol. The molecule has 7 heteroatoms. The van der Waals surface area contributed by atoms with Gasteiger partial charge in [-0.1, -0.05) is 37.3 Å². The third-order valence-corrected chi connectivity index (χ3v) is 6.58. The van der Waals surface area contributed by atoms with Crippen LogP contribution in [0.25, 0.3) is 0 Å². The van der Waals surface area contributed by atoms with E-state index in [-0.39, 0.29) is 17.8 Å².